The minimum Gasteiger partial charge on any atom is -0.508 e. The molecule has 0 fully saturated rings. The molecule has 1 heterocycles. The van der Waals surface area contributed by atoms with Gasteiger partial charge in [0.1, 0.15) is 5.75 Å². The molecule has 0 spiro atoms. The number of aromatic hydroxyl groups is 1. The Morgan fingerprint density at radius 3 is 2.41 bits per heavy atom. The summed E-state index contributed by atoms with van der Waals surface area (Å²) < 4.78 is 1.32. The molecule has 27 heavy (non-hydrogen) atoms. The highest BCUT2D eigenvalue weighted by Crippen LogP contribution is 2.19. The second kappa shape index (κ2) is 6.88. The minimum absolute atomic E-state index is 0.178. The van der Waals surface area contributed by atoms with Crippen molar-refractivity contribution in [2.45, 2.75) is 6.92 Å². The molecular weight excluding hydrogens is 338 g/mol. The topological polar surface area (TPSA) is 67.5 Å². The number of hydrogen-bond donors (Lipinski definition) is 1. The predicted molar refractivity (Wildman–Crippen MR) is 107 cm³/mol. The first-order valence-electron chi connectivity index (χ1n) is 8.54. The molecule has 4 aromatic rings. The monoisotopic (exact) mass is 355 g/mol. The van der Waals surface area contributed by atoms with E-state index in [4.69, 9.17) is 0 Å². The molecule has 0 unspecified atom stereocenters. The lowest BCUT2D eigenvalue weighted by Gasteiger charge is -2.09. The number of para-hydroxylation sites is 1. The SMILES string of the molecule is Cc1ccc(-c2nc3ccccc3c(=O)n2/N=C\c2ccc(O)cc2)cc1. The number of hydrogen-bond acceptors (Lipinski definition) is 4. The summed E-state index contributed by atoms with van der Waals surface area (Å²) in [7, 11) is 0. The smallest absolute Gasteiger partial charge is 0.282 e. The number of aryl methyl sites for hydroxylation is 1. The summed E-state index contributed by atoms with van der Waals surface area (Å²) in [4.78, 5) is 17.7. The van der Waals surface area contributed by atoms with Crippen molar-refractivity contribution in [1.82, 2.24) is 9.66 Å². The number of fused-ring (bicyclic) bond motifs is 1. The van der Waals surface area contributed by atoms with Gasteiger partial charge in [0, 0.05) is 5.56 Å². The summed E-state index contributed by atoms with van der Waals surface area (Å²) in [6.45, 7) is 2.01. The molecule has 0 saturated carbocycles. The van der Waals surface area contributed by atoms with Crippen LogP contribution in [0.25, 0.3) is 22.3 Å². The fraction of sp³-hybridized carbons (Fsp3) is 0.0455. The molecule has 1 N–H and O–H groups in total. The van der Waals surface area contributed by atoms with E-state index in [9.17, 15) is 9.90 Å². The summed E-state index contributed by atoms with van der Waals surface area (Å²) in [5.41, 5.74) is 3.11. The molecule has 3 aromatic carbocycles. The molecule has 0 bridgehead atoms. The Labute approximate surface area is 155 Å². The number of rotatable bonds is 3. The van der Waals surface area contributed by atoms with Gasteiger partial charge in [-0.1, -0.05) is 42.0 Å². The van der Waals surface area contributed by atoms with Crippen LogP contribution in [0.4, 0.5) is 0 Å². The highest BCUT2D eigenvalue weighted by Gasteiger charge is 2.12. The van der Waals surface area contributed by atoms with Crippen LogP contribution in [-0.2, 0) is 0 Å². The second-order valence-corrected chi connectivity index (χ2v) is 6.27. The zero-order valence-corrected chi connectivity index (χ0v) is 14.7. The molecule has 5 heteroatoms. The number of aromatic nitrogens is 2. The average Bonchev–Trinajstić information content (AvgIpc) is 2.69. The Balaban J connectivity index is 1.92. The molecule has 4 rings (SSSR count). The molecule has 0 saturated heterocycles. The number of nitrogens with zero attached hydrogens (tertiary/aromatic N) is 3. The standard InChI is InChI=1S/C22H17N3O2/c1-15-6-10-17(11-7-15)21-24-20-5-3-2-4-19(20)22(27)25(21)23-14-16-8-12-18(26)13-9-16/h2-14,26H,1H3/b23-14-. The van der Waals surface area contributed by atoms with Gasteiger partial charge in [0.25, 0.3) is 5.56 Å². The normalized spacial score (nSPS) is 11.3. The molecule has 1 aromatic heterocycles. The van der Waals surface area contributed by atoms with Crippen LogP contribution in [0.2, 0.25) is 0 Å². The molecule has 0 aliphatic carbocycles. The first-order valence-corrected chi connectivity index (χ1v) is 8.54. The minimum atomic E-state index is -0.230. The number of phenols is 1. The Hall–Kier alpha value is -3.73. The fourth-order valence-electron chi connectivity index (χ4n) is 2.81. The second-order valence-electron chi connectivity index (χ2n) is 6.27. The maximum Gasteiger partial charge on any atom is 0.282 e. The van der Waals surface area contributed by atoms with Crippen LogP contribution >= 0.6 is 0 Å². The van der Waals surface area contributed by atoms with E-state index in [2.05, 4.69) is 10.1 Å². The summed E-state index contributed by atoms with van der Waals surface area (Å²) >= 11 is 0. The Morgan fingerprint density at radius 1 is 0.963 bits per heavy atom. The van der Waals surface area contributed by atoms with E-state index >= 15 is 0 Å². The van der Waals surface area contributed by atoms with Crippen LogP contribution in [0, 0.1) is 6.92 Å². The van der Waals surface area contributed by atoms with Crippen LogP contribution in [0.3, 0.4) is 0 Å². The third kappa shape index (κ3) is 3.35. The van der Waals surface area contributed by atoms with Gasteiger partial charge >= 0.3 is 0 Å². The first-order chi connectivity index (χ1) is 13.1. The van der Waals surface area contributed by atoms with Crippen molar-refractivity contribution in [1.29, 1.82) is 0 Å². The lowest BCUT2D eigenvalue weighted by Crippen LogP contribution is -2.20. The molecule has 132 valence electrons. The maximum atomic E-state index is 13.0. The Morgan fingerprint density at radius 2 is 1.67 bits per heavy atom. The van der Waals surface area contributed by atoms with Gasteiger partial charge in [0.05, 0.1) is 17.1 Å². The van der Waals surface area contributed by atoms with Gasteiger partial charge in [-0.15, -0.1) is 0 Å². The van der Waals surface area contributed by atoms with E-state index < -0.39 is 0 Å². The van der Waals surface area contributed by atoms with Crippen LogP contribution in [-0.4, -0.2) is 21.0 Å². The third-order valence-corrected chi connectivity index (χ3v) is 4.28. The number of phenolic OH excluding ortho intramolecular Hbond substituents is 1. The van der Waals surface area contributed by atoms with E-state index in [1.165, 1.54) is 4.68 Å². The zero-order chi connectivity index (χ0) is 18.8. The largest absolute Gasteiger partial charge is 0.508 e. The molecule has 0 atom stereocenters. The predicted octanol–water partition coefficient (Wildman–Crippen LogP) is 3.96. The Bertz CT molecular complexity index is 1190. The van der Waals surface area contributed by atoms with Gasteiger partial charge in [-0.2, -0.15) is 9.78 Å². The van der Waals surface area contributed by atoms with Gasteiger partial charge in [-0.05, 0) is 48.9 Å². The van der Waals surface area contributed by atoms with Crippen molar-refractivity contribution < 1.29 is 5.11 Å². The van der Waals surface area contributed by atoms with Gasteiger partial charge in [-0.3, -0.25) is 4.79 Å². The highest BCUT2D eigenvalue weighted by atomic mass is 16.3. The summed E-state index contributed by atoms with van der Waals surface area (Å²) in [5, 5.41) is 14.3. The molecule has 0 radical (unpaired) electrons. The molecule has 5 nitrogen and oxygen atoms in total. The summed E-state index contributed by atoms with van der Waals surface area (Å²) in [5.74, 6) is 0.658. The van der Waals surface area contributed by atoms with Crippen LogP contribution in [0.5, 0.6) is 5.75 Å². The number of benzene rings is 3. The molecular formula is C22H17N3O2. The maximum absolute atomic E-state index is 13.0. The zero-order valence-electron chi connectivity index (χ0n) is 14.7. The fourth-order valence-corrected chi connectivity index (χ4v) is 2.81. The molecule has 0 amide bonds. The van der Waals surface area contributed by atoms with E-state index in [-0.39, 0.29) is 11.3 Å². The lowest BCUT2D eigenvalue weighted by atomic mass is 10.1. The highest BCUT2D eigenvalue weighted by molar-refractivity contribution is 5.82. The summed E-state index contributed by atoms with van der Waals surface area (Å²) in [6.07, 6.45) is 1.58. The van der Waals surface area contributed by atoms with Crippen LogP contribution in [0.1, 0.15) is 11.1 Å². The summed E-state index contributed by atoms with van der Waals surface area (Å²) in [6, 6.07) is 21.6. The molecule has 0 aliphatic heterocycles. The van der Waals surface area contributed by atoms with E-state index in [1.807, 2.05) is 49.4 Å². The van der Waals surface area contributed by atoms with Crippen molar-refractivity contribution in [3.63, 3.8) is 0 Å². The Kier molecular flexibility index (Phi) is 4.26. The van der Waals surface area contributed by atoms with E-state index in [1.54, 1.807) is 36.5 Å². The first kappa shape index (κ1) is 16.7. The van der Waals surface area contributed by atoms with Crippen LogP contribution in [0.15, 0.2) is 82.7 Å². The quantitative estimate of drug-likeness (QED) is 0.566. The van der Waals surface area contributed by atoms with Gasteiger partial charge in [-0.25, -0.2) is 4.98 Å². The van der Waals surface area contributed by atoms with E-state index in [0.717, 1.165) is 16.7 Å². The van der Waals surface area contributed by atoms with Crippen molar-refractivity contribution in [2.75, 3.05) is 0 Å². The van der Waals surface area contributed by atoms with Gasteiger partial charge < -0.3 is 5.11 Å². The van der Waals surface area contributed by atoms with Gasteiger partial charge in [0.15, 0.2) is 5.82 Å². The van der Waals surface area contributed by atoms with Crippen molar-refractivity contribution in [2.24, 2.45) is 5.10 Å². The van der Waals surface area contributed by atoms with E-state index in [0.29, 0.717) is 16.7 Å². The lowest BCUT2D eigenvalue weighted by molar-refractivity contribution is 0.475. The van der Waals surface area contributed by atoms with Crippen molar-refractivity contribution >= 4 is 17.1 Å². The average molecular weight is 355 g/mol. The molecule has 0 aliphatic rings. The van der Waals surface area contributed by atoms with Crippen molar-refractivity contribution in [3.05, 3.63) is 94.3 Å². The van der Waals surface area contributed by atoms with Crippen LogP contribution < -0.4 is 5.56 Å². The van der Waals surface area contributed by atoms with Crippen molar-refractivity contribution in [3.8, 4) is 17.1 Å². The third-order valence-electron chi connectivity index (χ3n) is 4.28. The van der Waals surface area contributed by atoms with Gasteiger partial charge in [0.2, 0.25) is 0 Å².